The Hall–Kier alpha value is -0.0800. The molecule has 15 heavy (non-hydrogen) atoms. The van der Waals surface area contributed by atoms with Gasteiger partial charge in [-0.3, -0.25) is 0 Å². The molecule has 1 heterocycles. The number of piperidine rings is 1. The normalized spacial score (nSPS) is 21.8. The minimum absolute atomic E-state index is 0.818. The highest BCUT2D eigenvalue weighted by atomic mass is 15.1. The predicted octanol–water partition coefficient (Wildman–Crippen LogP) is 2.48. The van der Waals surface area contributed by atoms with Crippen LogP contribution >= 0.6 is 0 Å². The molecule has 0 spiro atoms. The van der Waals surface area contributed by atoms with Gasteiger partial charge in [-0.25, -0.2) is 0 Å². The fourth-order valence-corrected chi connectivity index (χ4v) is 2.38. The molecule has 0 radical (unpaired) electrons. The molecule has 2 nitrogen and oxygen atoms in total. The van der Waals surface area contributed by atoms with Crippen molar-refractivity contribution in [1.29, 1.82) is 0 Å². The van der Waals surface area contributed by atoms with Gasteiger partial charge >= 0.3 is 0 Å². The molecular weight excluding hydrogens is 184 g/mol. The van der Waals surface area contributed by atoms with Crippen LogP contribution in [0.2, 0.25) is 0 Å². The summed E-state index contributed by atoms with van der Waals surface area (Å²) in [5, 5.41) is 0. The Morgan fingerprint density at radius 1 is 1.27 bits per heavy atom. The molecule has 1 aliphatic heterocycles. The zero-order valence-corrected chi connectivity index (χ0v) is 10.5. The van der Waals surface area contributed by atoms with E-state index in [9.17, 15) is 0 Å². The summed E-state index contributed by atoms with van der Waals surface area (Å²) >= 11 is 0. The summed E-state index contributed by atoms with van der Waals surface area (Å²) in [4.78, 5) is 2.63. The molecule has 2 heteroatoms. The Balaban J connectivity index is 2.00. The summed E-state index contributed by atoms with van der Waals surface area (Å²) in [6.07, 6.45) is 6.70. The third-order valence-corrected chi connectivity index (χ3v) is 3.71. The lowest BCUT2D eigenvalue weighted by Gasteiger charge is -2.30. The number of nitrogens with two attached hydrogens (primary N) is 1. The van der Waals surface area contributed by atoms with E-state index in [0.29, 0.717) is 0 Å². The van der Waals surface area contributed by atoms with Crippen molar-refractivity contribution in [2.75, 3.05) is 26.2 Å². The van der Waals surface area contributed by atoms with E-state index >= 15 is 0 Å². The third kappa shape index (κ3) is 5.53. The molecule has 1 fully saturated rings. The minimum Gasteiger partial charge on any atom is -0.330 e. The van der Waals surface area contributed by atoms with Gasteiger partial charge in [-0.2, -0.15) is 0 Å². The van der Waals surface area contributed by atoms with Crippen LogP contribution in [-0.4, -0.2) is 31.1 Å². The molecular formula is C13H28N2. The fraction of sp³-hybridized carbons (Fsp3) is 1.00. The molecule has 0 aromatic heterocycles. The van der Waals surface area contributed by atoms with Crippen molar-refractivity contribution >= 4 is 0 Å². The molecule has 0 amide bonds. The first kappa shape index (κ1) is 13.0. The van der Waals surface area contributed by atoms with Gasteiger partial charge in [0, 0.05) is 0 Å². The zero-order chi connectivity index (χ0) is 11.1. The summed E-state index contributed by atoms with van der Waals surface area (Å²) in [6.45, 7) is 9.51. The first-order chi connectivity index (χ1) is 7.22. The lowest BCUT2D eigenvalue weighted by atomic mass is 9.98. The van der Waals surface area contributed by atoms with Gasteiger partial charge in [-0.1, -0.05) is 13.8 Å². The van der Waals surface area contributed by atoms with Gasteiger partial charge in [-0.05, 0) is 70.1 Å². The lowest BCUT2D eigenvalue weighted by molar-refractivity contribution is 0.186. The number of nitrogens with zero attached hydrogens (tertiary/aromatic N) is 1. The van der Waals surface area contributed by atoms with E-state index < -0.39 is 0 Å². The van der Waals surface area contributed by atoms with Crippen LogP contribution < -0.4 is 5.73 Å². The van der Waals surface area contributed by atoms with Crippen molar-refractivity contribution in [2.24, 2.45) is 17.6 Å². The summed E-state index contributed by atoms with van der Waals surface area (Å²) in [6, 6.07) is 0. The van der Waals surface area contributed by atoms with Crippen molar-refractivity contribution < 1.29 is 0 Å². The summed E-state index contributed by atoms with van der Waals surface area (Å²) in [7, 11) is 0. The largest absolute Gasteiger partial charge is 0.330 e. The van der Waals surface area contributed by atoms with Crippen molar-refractivity contribution in [3.8, 4) is 0 Å². The highest BCUT2D eigenvalue weighted by Crippen LogP contribution is 2.17. The second kappa shape index (κ2) is 7.24. The first-order valence-corrected chi connectivity index (χ1v) is 6.64. The molecule has 1 atom stereocenters. The van der Waals surface area contributed by atoms with E-state index in [0.717, 1.165) is 18.4 Å². The molecule has 0 aromatic carbocycles. The van der Waals surface area contributed by atoms with Crippen LogP contribution in [0.3, 0.4) is 0 Å². The molecule has 1 aliphatic rings. The van der Waals surface area contributed by atoms with E-state index in [1.165, 1.54) is 51.7 Å². The lowest BCUT2D eigenvalue weighted by Crippen LogP contribution is -2.33. The molecule has 2 N–H and O–H groups in total. The summed E-state index contributed by atoms with van der Waals surface area (Å²) < 4.78 is 0. The van der Waals surface area contributed by atoms with Crippen LogP contribution in [-0.2, 0) is 0 Å². The number of likely N-dealkylation sites (tertiary alicyclic amines) is 1. The van der Waals surface area contributed by atoms with Crippen LogP contribution in [0.1, 0.15) is 46.0 Å². The average Bonchev–Trinajstić information content (AvgIpc) is 2.21. The van der Waals surface area contributed by atoms with Crippen LogP contribution in [0.5, 0.6) is 0 Å². The maximum absolute atomic E-state index is 5.55. The Bertz CT molecular complexity index is 151. The minimum atomic E-state index is 0.818. The molecule has 1 rings (SSSR count). The highest BCUT2D eigenvalue weighted by molar-refractivity contribution is 4.69. The van der Waals surface area contributed by atoms with Gasteiger partial charge in [0.25, 0.3) is 0 Å². The molecule has 1 saturated heterocycles. The predicted molar refractivity (Wildman–Crippen MR) is 66.9 cm³/mol. The van der Waals surface area contributed by atoms with E-state index in [1.807, 2.05) is 0 Å². The SMILES string of the molecule is CC(CCN)CCCN1CCC(C)CC1. The van der Waals surface area contributed by atoms with Gasteiger partial charge in [0.15, 0.2) is 0 Å². The molecule has 0 bridgehead atoms. The molecule has 90 valence electrons. The van der Waals surface area contributed by atoms with Crippen LogP contribution in [0.4, 0.5) is 0 Å². The number of hydrogen-bond acceptors (Lipinski definition) is 2. The first-order valence-electron chi connectivity index (χ1n) is 6.64. The number of hydrogen-bond donors (Lipinski definition) is 1. The topological polar surface area (TPSA) is 29.3 Å². The van der Waals surface area contributed by atoms with Gasteiger partial charge in [-0.15, -0.1) is 0 Å². The average molecular weight is 212 g/mol. The van der Waals surface area contributed by atoms with Crippen molar-refractivity contribution in [1.82, 2.24) is 4.90 Å². The molecule has 1 unspecified atom stereocenters. The van der Waals surface area contributed by atoms with E-state index in [-0.39, 0.29) is 0 Å². The van der Waals surface area contributed by atoms with Gasteiger partial charge in [0.1, 0.15) is 0 Å². The fourth-order valence-electron chi connectivity index (χ4n) is 2.38. The summed E-state index contributed by atoms with van der Waals surface area (Å²) in [5.74, 6) is 1.77. The maximum Gasteiger partial charge on any atom is -0.00162 e. The standard InChI is InChI=1S/C13H28N2/c1-12(5-8-14)4-3-9-15-10-6-13(2)7-11-15/h12-13H,3-11,14H2,1-2H3. The zero-order valence-electron chi connectivity index (χ0n) is 10.5. The van der Waals surface area contributed by atoms with Gasteiger partial charge in [0.2, 0.25) is 0 Å². The number of rotatable bonds is 6. The molecule has 0 aromatic rings. The maximum atomic E-state index is 5.55. The Morgan fingerprint density at radius 3 is 2.53 bits per heavy atom. The third-order valence-electron chi connectivity index (χ3n) is 3.71. The summed E-state index contributed by atoms with van der Waals surface area (Å²) in [5.41, 5.74) is 5.55. The Kier molecular flexibility index (Phi) is 6.26. The molecule has 0 aliphatic carbocycles. The smallest absolute Gasteiger partial charge is 0.00162 e. The van der Waals surface area contributed by atoms with Crippen LogP contribution in [0.15, 0.2) is 0 Å². The van der Waals surface area contributed by atoms with Crippen molar-refractivity contribution in [3.63, 3.8) is 0 Å². The monoisotopic (exact) mass is 212 g/mol. The van der Waals surface area contributed by atoms with Crippen molar-refractivity contribution in [2.45, 2.75) is 46.0 Å². The van der Waals surface area contributed by atoms with E-state index in [2.05, 4.69) is 18.7 Å². The molecule has 0 saturated carbocycles. The second-order valence-electron chi connectivity index (χ2n) is 5.35. The van der Waals surface area contributed by atoms with E-state index in [4.69, 9.17) is 5.73 Å². The van der Waals surface area contributed by atoms with Gasteiger partial charge in [0.05, 0.1) is 0 Å². The Morgan fingerprint density at radius 2 is 1.93 bits per heavy atom. The highest BCUT2D eigenvalue weighted by Gasteiger charge is 2.14. The van der Waals surface area contributed by atoms with Crippen molar-refractivity contribution in [3.05, 3.63) is 0 Å². The second-order valence-corrected chi connectivity index (χ2v) is 5.35. The van der Waals surface area contributed by atoms with Crippen LogP contribution in [0.25, 0.3) is 0 Å². The van der Waals surface area contributed by atoms with E-state index in [1.54, 1.807) is 0 Å². The quantitative estimate of drug-likeness (QED) is 0.733. The Labute approximate surface area is 95.2 Å². The van der Waals surface area contributed by atoms with Gasteiger partial charge < -0.3 is 10.6 Å². The van der Waals surface area contributed by atoms with Crippen LogP contribution in [0, 0.1) is 11.8 Å².